The van der Waals surface area contributed by atoms with Crippen molar-refractivity contribution < 1.29 is 4.79 Å². The Morgan fingerprint density at radius 3 is 2.81 bits per heavy atom. The van der Waals surface area contributed by atoms with Crippen molar-refractivity contribution in [1.29, 1.82) is 0 Å². The van der Waals surface area contributed by atoms with Crippen LogP contribution in [0.2, 0.25) is 0 Å². The molecule has 0 saturated carbocycles. The van der Waals surface area contributed by atoms with Gasteiger partial charge in [-0.25, -0.2) is 0 Å². The summed E-state index contributed by atoms with van der Waals surface area (Å²) in [5.74, 6) is 0.622. The van der Waals surface area contributed by atoms with Crippen LogP contribution in [-0.2, 0) is 4.79 Å². The number of fused-ring (bicyclic) bond motifs is 1. The third kappa shape index (κ3) is 2.90. The molecule has 3 rings (SSSR count). The Bertz CT molecular complexity index is 631. The number of amides is 1. The third-order valence-corrected chi connectivity index (χ3v) is 5.02. The Hall–Kier alpha value is -1.56. The maximum atomic E-state index is 12.5. The summed E-state index contributed by atoms with van der Waals surface area (Å²) >= 11 is 1.46. The first kappa shape index (κ1) is 14.4. The van der Waals surface area contributed by atoms with E-state index < -0.39 is 0 Å². The van der Waals surface area contributed by atoms with Gasteiger partial charge in [0.05, 0.1) is 5.75 Å². The van der Waals surface area contributed by atoms with Crippen molar-refractivity contribution >= 4 is 23.3 Å². The predicted octanol–water partition coefficient (Wildman–Crippen LogP) is 2.61. The highest BCUT2D eigenvalue weighted by Crippen LogP contribution is 2.25. The zero-order valence-corrected chi connectivity index (χ0v) is 13.2. The Morgan fingerprint density at radius 1 is 1.29 bits per heavy atom. The van der Waals surface area contributed by atoms with Crippen molar-refractivity contribution in [2.75, 3.05) is 5.75 Å². The number of carbonyl (C=O) groups is 1. The first-order chi connectivity index (χ1) is 10.2. The Balaban J connectivity index is 1.68. The van der Waals surface area contributed by atoms with E-state index in [1.807, 2.05) is 33.7 Å². The molecule has 3 heterocycles. The molecular formula is C15H20N4OS. The van der Waals surface area contributed by atoms with Crippen molar-refractivity contribution in [2.24, 2.45) is 0 Å². The second kappa shape index (κ2) is 6.05. The number of aromatic nitrogens is 3. The van der Waals surface area contributed by atoms with Crippen LogP contribution in [0.5, 0.6) is 0 Å². The Labute approximate surface area is 128 Å². The number of hydrogen-bond acceptors (Lipinski definition) is 4. The SMILES string of the molecule is C[C@@H]1CCC[C@@H](C)N1C(=O)CSc1nnc2ccccn12. The summed E-state index contributed by atoms with van der Waals surface area (Å²) in [7, 11) is 0. The largest absolute Gasteiger partial charge is 0.337 e. The fourth-order valence-corrected chi connectivity index (χ4v) is 3.83. The van der Waals surface area contributed by atoms with E-state index in [2.05, 4.69) is 24.0 Å². The van der Waals surface area contributed by atoms with Gasteiger partial charge in [-0.05, 0) is 45.2 Å². The lowest BCUT2D eigenvalue weighted by Crippen LogP contribution is -2.48. The van der Waals surface area contributed by atoms with Crippen molar-refractivity contribution in [3.05, 3.63) is 24.4 Å². The number of hydrogen-bond donors (Lipinski definition) is 0. The molecule has 21 heavy (non-hydrogen) atoms. The first-order valence-electron chi connectivity index (χ1n) is 7.40. The molecule has 6 heteroatoms. The van der Waals surface area contributed by atoms with Crippen LogP contribution in [0.3, 0.4) is 0 Å². The molecule has 1 saturated heterocycles. The summed E-state index contributed by atoms with van der Waals surface area (Å²) in [4.78, 5) is 14.5. The fraction of sp³-hybridized carbons (Fsp3) is 0.533. The van der Waals surface area contributed by atoms with Gasteiger partial charge in [-0.1, -0.05) is 17.8 Å². The van der Waals surface area contributed by atoms with Crippen LogP contribution in [0.15, 0.2) is 29.6 Å². The third-order valence-electron chi connectivity index (χ3n) is 4.09. The molecule has 5 nitrogen and oxygen atoms in total. The molecule has 0 radical (unpaired) electrons. The van der Waals surface area contributed by atoms with Gasteiger partial charge < -0.3 is 4.90 Å². The summed E-state index contributed by atoms with van der Waals surface area (Å²) in [6.45, 7) is 4.29. The molecule has 1 aliphatic rings. The highest BCUT2D eigenvalue weighted by atomic mass is 32.2. The van der Waals surface area contributed by atoms with Crippen LogP contribution in [0.4, 0.5) is 0 Å². The molecule has 0 bridgehead atoms. The minimum atomic E-state index is 0.201. The van der Waals surface area contributed by atoms with Gasteiger partial charge in [-0.2, -0.15) is 0 Å². The molecule has 112 valence electrons. The highest BCUT2D eigenvalue weighted by molar-refractivity contribution is 7.99. The van der Waals surface area contributed by atoms with E-state index in [1.54, 1.807) is 0 Å². The molecule has 1 fully saturated rings. The molecule has 0 aliphatic carbocycles. The van der Waals surface area contributed by atoms with Crippen molar-refractivity contribution in [2.45, 2.75) is 50.4 Å². The second-order valence-electron chi connectivity index (χ2n) is 5.63. The maximum absolute atomic E-state index is 12.5. The van der Waals surface area contributed by atoms with Crippen LogP contribution in [0.25, 0.3) is 5.65 Å². The van der Waals surface area contributed by atoms with Gasteiger partial charge in [-0.3, -0.25) is 9.20 Å². The van der Waals surface area contributed by atoms with E-state index >= 15 is 0 Å². The van der Waals surface area contributed by atoms with Gasteiger partial charge >= 0.3 is 0 Å². The average molecular weight is 304 g/mol. The Kier molecular flexibility index (Phi) is 4.14. The minimum Gasteiger partial charge on any atom is -0.337 e. The molecule has 2 aromatic rings. The van der Waals surface area contributed by atoms with Crippen molar-refractivity contribution in [1.82, 2.24) is 19.5 Å². The van der Waals surface area contributed by atoms with Crippen molar-refractivity contribution in [3.8, 4) is 0 Å². The van der Waals surface area contributed by atoms with Gasteiger partial charge in [0, 0.05) is 18.3 Å². The van der Waals surface area contributed by atoms with Gasteiger partial charge in [0.1, 0.15) is 0 Å². The van der Waals surface area contributed by atoms with Gasteiger partial charge in [-0.15, -0.1) is 10.2 Å². The molecule has 2 atom stereocenters. The summed E-state index contributed by atoms with van der Waals surface area (Å²) < 4.78 is 1.92. The normalized spacial score (nSPS) is 22.7. The zero-order valence-electron chi connectivity index (χ0n) is 12.4. The summed E-state index contributed by atoms with van der Waals surface area (Å²) in [6, 6.07) is 6.47. The number of thioether (sulfide) groups is 1. The molecule has 1 aliphatic heterocycles. The lowest BCUT2D eigenvalue weighted by molar-refractivity contribution is -0.134. The number of pyridine rings is 1. The number of piperidine rings is 1. The molecule has 0 spiro atoms. The molecule has 0 aromatic carbocycles. The van der Waals surface area contributed by atoms with Crippen LogP contribution in [-0.4, -0.2) is 43.2 Å². The van der Waals surface area contributed by atoms with Crippen LogP contribution in [0.1, 0.15) is 33.1 Å². The fourth-order valence-electron chi connectivity index (χ4n) is 3.03. The van der Waals surface area contributed by atoms with E-state index in [0.717, 1.165) is 23.6 Å². The number of carbonyl (C=O) groups excluding carboxylic acids is 1. The van der Waals surface area contributed by atoms with Crippen LogP contribution < -0.4 is 0 Å². The molecular weight excluding hydrogens is 284 g/mol. The van der Waals surface area contributed by atoms with E-state index in [4.69, 9.17) is 0 Å². The lowest BCUT2D eigenvalue weighted by atomic mass is 9.98. The second-order valence-corrected chi connectivity index (χ2v) is 6.57. The summed E-state index contributed by atoms with van der Waals surface area (Å²) in [5, 5.41) is 9.04. The standard InChI is InChI=1S/C15H20N4OS/c1-11-6-5-7-12(2)19(11)14(20)10-21-15-17-16-13-8-3-4-9-18(13)15/h3-4,8-9,11-12H,5-7,10H2,1-2H3/t11-,12-/m1/s1. The topological polar surface area (TPSA) is 50.5 Å². The smallest absolute Gasteiger partial charge is 0.233 e. The summed E-state index contributed by atoms with van der Waals surface area (Å²) in [6.07, 6.45) is 5.35. The van der Waals surface area contributed by atoms with E-state index in [0.29, 0.717) is 17.8 Å². The van der Waals surface area contributed by atoms with E-state index in [9.17, 15) is 4.79 Å². The van der Waals surface area contributed by atoms with E-state index in [1.165, 1.54) is 18.2 Å². The highest BCUT2D eigenvalue weighted by Gasteiger charge is 2.28. The van der Waals surface area contributed by atoms with Crippen molar-refractivity contribution in [3.63, 3.8) is 0 Å². The van der Waals surface area contributed by atoms with Gasteiger partial charge in [0.15, 0.2) is 10.8 Å². The van der Waals surface area contributed by atoms with E-state index in [-0.39, 0.29) is 5.91 Å². The predicted molar refractivity (Wildman–Crippen MR) is 83.3 cm³/mol. The number of rotatable bonds is 3. The number of nitrogens with zero attached hydrogens (tertiary/aromatic N) is 4. The average Bonchev–Trinajstić information content (AvgIpc) is 2.88. The molecule has 0 unspecified atom stereocenters. The lowest BCUT2D eigenvalue weighted by Gasteiger charge is -2.39. The number of likely N-dealkylation sites (tertiary alicyclic amines) is 1. The monoisotopic (exact) mass is 304 g/mol. The minimum absolute atomic E-state index is 0.201. The zero-order chi connectivity index (χ0) is 14.8. The molecule has 2 aromatic heterocycles. The molecule has 0 N–H and O–H groups in total. The van der Waals surface area contributed by atoms with Crippen LogP contribution >= 0.6 is 11.8 Å². The summed E-state index contributed by atoms with van der Waals surface area (Å²) in [5.41, 5.74) is 0.812. The maximum Gasteiger partial charge on any atom is 0.233 e. The van der Waals surface area contributed by atoms with Crippen LogP contribution in [0, 0.1) is 0 Å². The quantitative estimate of drug-likeness (QED) is 0.818. The molecule has 1 amide bonds. The Morgan fingerprint density at radius 2 is 2.05 bits per heavy atom. The van der Waals surface area contributed by atoms with Gasteiger partial charge in [0.25, 0.3) is 0 Å². The first-order valence-corrected chi connectivity index (χ1v) is 8.39. The van der Waals surface area contributed by atoms with Gasteiger partial charge in [0.2, 0.25) is 5.91 Å².